The maximum absolute atomic E-state index is 13.2. The van der Waals surface area contributed by atoms with Gasteiger partial charge in [0.15, 0.2) is 17.5 Å². The molecule has 0 amide bonds. The van der Waals surface area contributed by atoms with Crippen molar-refractivity contribution in [3.63, 3.8) is 0 Å². The molecule has 1 aromatic carbocycles. The largest absolute Gasteiger partial charge is 0.205 e. The number of hydrogen-bond acceptors (Lipinski definition) is 0. The van der Waals surface area contributed by atoms with Crippen molar-refractivity contribution in [2.24, 2.45) is 0 Å². The first-order valence-electron chi connectivity index (χ1n) is 3.61. The van der Waals surface area contributed by atoms with E-state index in [9.17, 15) is 13.2 Å². The Labute approximate surface area is 88.9 Å². The third-order valence-corrected chi connectivity index (χ3v) is 2.31. The number of allylic oxidation sites excluding steroid dienone is 1. The first-order chi connectivity index (χ1) is 6.50. The summed E-state index contributed by atoms with van der Waals surface area (Å²) in [6.07, 6.45) is 1.17. The molecule has 0 atom stereocenters. The van der Waals surface area contributed by atoms with E-state index in [1.807, 2.05) is 0 Å². The monoisotopic (exact) mass is 240 g/mol. The minimum Gasteiger partial charge on any atom is -0.205 e. The van der Waals surface area contributed by atoms with Gasteiger partial charge in [-0.3, -0.25) is 0 Å². The van der Waals surface area contributed by atoms with Crippen LogP contribution in [0.5, 0.6) is 0 Å². The number of rotatable bonds is 2. The van der Waals surface area contributed by atoms with Crippen molar-refractivity contribution in [1.82, 2.24) is 0 Å². The molecule has 0 aromatic heterocycles. The smallest absolute Gasteiger partial charge is 0.166 e. The van der Waals surface area contributed by atoms with Gasteiger partial charge in [0.2, 0.25) is 0 Å². The highest BCUT2D eigenvalue weighted by atomic mass is 35.5. The SMILES string of the molecule is C=CCc1c(F)c(Cl)c(F)c(Cl)c1F. The zero-order valence-corrected chi connectivity index (χ0v) is 8.39. The first kappa shape index (κ1) is 11.4. The second-order valence-electron chi connectivity index (χ2n) is 2.54. The number of benzene rings is 1. The van der Waals surface area contributed by atoms with E-state index in [4.69, 9.17) is 23.2 Å². The van der Waals surface area contributed by atoms with Gasteiger partial charge in [-0.05, 0) is 6.42 Å². The Hall–Kier alpha value is -0.670. The molecule has 5 heteroatoms. The van der Waals surface area contributed by atoms with Gasteiger partial charge in [0.05, 0.1) is 0 Å². The van der Waals surface area contributed by atoms with E-state index in [1.165, 1.54) is 6.08 Å². The molecular weight excluding hydrogens is 236 g/mol. The third kappa shape index (κ3) is 1.74. The van der Waals surface area contributed by atoms with Crippen molar-refractivity contribution < 1.29 is 13.2 Å². The lowest BCUT2D eigenvalue weighted by Gasteiger charge is -2.07. The lowest BCUT2D eigenvalue weighted by Crippen LogP contribution is -1.99. The molecule has 0 spiro atoms. The summed E-state index contributed by atoms with van der Waals surface area (Å²) in [4.78, 5) is 0. The van der Waals surface area contributed by atoms with Gasteiger partial charge in [0.25, 0.3) is 0 Å². The van der Waals surface area contributed by atoms with Crippen LogP contribution in [0.2, 0.25) is 10.0 Å². The molecule has 0 radical (unpaired) electrons. The van der Waals surface area contributed by atoms with Gasteiger partial charge >= 0.3 is 0 Å². The van der Waals surface area contributed by atoms with Gasteiger partial charge in [0, 0.05) is 5.56 Å². The Bertz CT molecular complexity index is 359. The Morgan fingerprint density at radius 3 is 1.79 bits per heavy atom. The minimum atomic E-state index is -1.28. The zero-order chi connectivity index (χ0) is 10.9. The molecule has 0 aliphatic rings. The molecule has 14 heavy (non-hydrogen) atoms. The summed E-state index contributed by atoms with van der Waals surface area (Å²) in [7, 11) is 0. The molecule has 1 rings (SSSR count). The number of hydrogen-bond donors (Lipinski definition) is 0. The van der Waals surface area contributed by atoms with Crippen LogP contribution in [0.3, 0.4) is 0 Å². The molecule has 1 aromatic rings. The summed E-state index contributed by atoms with van der Waals surface area (Å²) < 4.78 is 39.2. The number of halogens is 5. The molecular formula is C9H5Cl2F3. The maximum atomic E-state index is 13.2. The zero-order valence-electron chi connectivity index (χ0n) is 6.88. The summed E-state index contributed by atoms with van der Waals surface area (Å²) in [6, 6.07) is 0. The van der Waals surface area contributed by atoms with Crippen LogP contribution in [0, 0.1) is 17.5 Å². The van der Waals surface area contributed by atoms with Crippen LogP contribution >= 0.6 is 23.2 Å². The van der Waals surface area contributed by atoms with E-state index in [0.29, 0.717) is 0 Å². The van der Waals surface area contributed by atoms with Gasteiger partial charge < -0.3 is 0 Å². The predicted molar refractivity (Wildman–Crippen MR) is 50.2 cm³/mol. The highest BCUT2D eigenvalue weighted by Gasteiger charge is 2.21. The highest BCUT2D eigenvalue weighted by Crippen LogP contribution is 2.32. The van der Waals surface area contributed by atoms with Gasteiger partial charge in [-0.25, -0.2) is 13.2 Å². The van der Waals surface area contributed by atoms with Crippen molar-refractivity contribution in [2.45, 2.75) is 6.42 Å². The summed E-state index contributed by atoms with van der Waals surface area (Å²) >= 11 is 10.5. The molecule has 0 aliphatic heterocycles. The van der Waals surface area contributed by atoms with Crippen molar-refractivity contribution in [3.8, 4) is 0 Å². The second kappa shape index (κ2) is 4.24. The van der Waals surface area contributed by atoms with E-state index in [1.54, 1.807) is 0 Å². The Balaban J connectivity index is 3.50. The third-order valence-electron chi connectivity index (χ3n) is 1.65. The van der Waals surface area contributed by atoms with E-state index >= 15 is 0 Å². The Kier molecular flexibility index (Phi) is 3.45. The van der Waals surface area contributed by atoms with Gasteiger partial charge in [-0.2, -0.15) is 0 Å². The van der Waals surface area contributed by atoms with Crippen LogP contribution in [0.25, 0.3) is 0 Å². The fourth-order valence-corrected chi connectivity index (χ4v) is 1.44. The average Bonchev–Trinajstić information content (AvgIpc) is 2.19. The van der Waals surface area contributed by atoms with E-state index in [-0.39, 0.29) is 12.0 Å². The van der Waals surface area contributed by atoms with Crippen molar-refractivity contribution in [2.75, 3.05) is 0 Å². The van der Waals surface area contributed by atoms with Crippen LogP contribution in [-0.4, -0.2) is 0 Å². The summed E-state index contributed by atoms with van der Waals surface area (Å²) in [6.45, 7) is 3.31. The topological polar surface area (TPSA) is 0 Å². The first-order valence-corrected chi connectivity index (χ1v) is 4.37. The van der Waals surface area contributed by atoms with Crippen molar-refractivity contribution in [3.05, 3.63) is 45.7 Å². The average molecular weight is 241 g/mol. The van der Waals surface area contributed by atoms with E-state index < -0.39 is 27.5 Å². The molecule has 0 saturated carbocycles. The summed E-state index contributed by atoms with van der Waals surface area (Å²) in [5.41, 5.74) is -0.378. The standard InChI is InChI=1S/C9H5Cl2F3/c1-2-3-4-7(12)5(10)9(14)6(11)8(4)13/h2H,1,3H2. The van der Waals surface area contributed by atoms with Gasteiger partial charge in [-0.1, -0.05) is 29.3 Å². The Morgan fingerprint density at radius 1 is 1.00 bits per heavy atom. The van der Waals surface area contributed by atoms with Crippen molar-refractivity contribution >= 4 is 23.2 Å². The minimum absolute atomic E-state index is 0.0998. The molecule has 0 unspecified atom stereocenters. The molecule has 0 N–H and O–H groups in total. The lowest BCUT2D eigenvalue weighted by molar-refractivity contribution is 0.530. The summed E-state index contributed by atoms with van der Waals surface area (Å²) in [5, 5.41) is -1.60. The van der Waals surface area contributed by atoms with E-state index in [2.05, 4.69) is 6.58 Å². The fourth-order valence-electron chi connectivity index (χ4n) is 0.974. The molecule has 0 saturated heterocycles. The Morgan fingerprint density at radius 2 is 1.43 bits per heavy atom. The molecule has 0 aliphatic carbocycles. The van der Waals surface area contributed by atoms with Gasteiger partial charge in [-0.15, -0.1) is 6.58 Å². The van der Waals surface area contributed by atoms with Gasteiger partial charge in [0.1, 0.15) is 10.0 Å². The maximum Gasteiger partial charge on any atom is 0.166 e. The van der Waals surface area contributed by atoms with E-state index in [0.717, 1.165) is 0 Å². The fraction of sp³-hybridized carbons (Fsp3) is 0.111. The highest BCUT2D eigenvalue weighted by molar-refractivity contribution is 6.35. The van der Waals surface area contributed by atoms with Crippen LogP contribution in [-0.2, 0) is 6.42 Å². The molecule has 0 nitrogen and oxygen atoms in total. The summed E-state index contributed by atoms with van der Waals surface area (Å²) in [5.74, 6) is -3.55. The quantitative estimate of drug-likeness (QED) is 0.414. The van der Waals surface area contributed by atoms with Crippen molar-refractivity contribution in [1.29, 1.82) is 0 Å². The predicted octanol–water partition coefficient (Wildman–Crippen LogP) is 4.14. The van der Waals surface area contributed by atoms with Crippen LogP contribution in [0.1, 0.15) is 5.56 Å². The molecule has 0 heterocycles. The molecule has 76 valence electrons. The van der Waals surface area contributed by atoms with Crippen LogP contribution in [0.15, 0.2) is 12.7 Å². The lowest BCUT2D eigenvalue weighted by atomic mass is 10.1. The second-order valence-corrected chi connectivity index (χ2v) is 3.30. The van der Waals surface area contributed by atoms with Crippen LogP contribution in [0.4, 0.5) is 13.2 Å². The molecule has 0 bridgehead atoms. The molecule has 0 fully saturated rings. The van der Waals surface area contributed by atoms with Crippen LogP contribution < -0.4 is 0 Å². The normalized spacial score (nSPS) is 10.4.